The molecule has 1 heterocycles. The number of ketones is 1. The minimum absolute atomic E-state index is 0.0180. The first-order chi connectivity index (χ1) is 9.75. The van der Waals surface area contributed by atoms with Gasteiger partial charge in [0.2, 0.25) is 5.78 Å². The Balaban J connectivity index is 2.02. The lowest BCUT2D eigenvalue weighted by atomic mass is 10.1. The van der Waals surface area contributed by atoms with Crippen LogP contribution in [0.1, 0.15) is 16.1 Å². The van der Waals surface area contributed by atoms with E-state index in [0.717, 1.165) is 5.69 Å². The molecule has 2 aromatic carbocycles. The summed E-state index contributed by atoms with van der Waals surface area (Å²) in [5.74, 6) is -0.0180. The monoisotopic (exact) mass is 281 g/mol. The Morgan fingerprint density at radius 2 is 1.55 bits per heavy atom. The van der Waals surface area contributed by atoms with Crippen molar-refractivity contribution in [3.63, 3.8) is 0 Å². The van der Waals surface area contributed by atoms with Crippen LogP contribution in [0, 0.1) is 0 Å². The molecule has 0 spiro atoms. The Hall–Kier alpha value is -2.32. The SMILES string of the molecule is O=C(c1ccc(Cl)cc1)c1cccn1-c1ccccc1. The van der Waals surface area contributed by atoms with Gasteiger partial charge in [0.05, 0.1) is 5.69 Å². The largest absolute Gasteiger partial charge is 0.314 e. The van der Waals surface area contributed by atoms with Gasteiger partial charge in [-0.2, -0.15) is 0 Å². The normalized spacial score (nSPS) is 10.4. The number of halogens is 1. The summed E-state index contributed by atoms with van der Waals surface area (Å²) in [6.07, 6.45) is 1.89. The Morgan fingerprint density at radius 3 is 2.25 bits per heavy atom. The maximum atomic E-state index is 12.5. The summed E-state index contributed by atoms with van der Waals surface area (Å²) in [7, 11) is 0. The van der Waals surface area contributed by atoms with Gasteiger partial charge in [0.15, 0.2) is 0 Å². The maximum absolute atomic E-state index is 12.5. The molecule has 0 radical (unpaired) electrons. The third-order valence-electron chi connectivity index (χ3n) is 3.12. The molecule has 3 heteroatoms. The smallest absolute Gasteiger partial charge is 0.209 e. The average Bonchev–Trinajstić information content (AvgIpc) is 2.97. The van der Waals surface area contributed by atoms with Crippen LogP contribution >= 0.6 is 11.6 Å². The van der Waals surface area contributed by atoms with E-state index in [9.17, 15) is 4.79 Å². The van der Waals surface area contributed by atoms with Gasteiger partial charge in [0.25, 0.3) is 0 Å². The fraction of sp³-hybridized carbons (Fsp3) is 0. The van der Waals surface area contributed by atoms with Gasteiger partial charge in [-0.1, -0.05) is 29.8 Å². The Labute approximate surface area is 122 Å². The lowest BCUT2D eigenvalue weighted by Crippen LogP contribution is -2.08. The average molecular weight is 282 g/mol. The van der Waals surface area contributed by atoms with Crippen LogP contribution < -0.4 is 0 Å². The van der Waals surface area contributed by atoms with E-state index in [-0.39, 0.29) is 5.78 Å². The van der Waals surface area contributed by atoms with E-state index in [1.54, 1.807) is 24.3 Å². The van der Waals surface area contributed by atoms with Crippen molar-refractivity contribution in [3.05, 3.63) is 89.2 Å². The molecule has 1 aromatic heterocycles. The fourth-order valence-electron chi connectivity index (χ4n) is 2.13. The number of nitrogens with zero attached hydrogens (tertiary/aromatic N) is 1. The third-order valence-corrected chi connectivity index (χ3v) is 3.37. The lowest BCUT2D eigenvalue weighted by Gasteiger charge is -2.08. The number of carbonyl (C=O) groups is 1. The molecule has 2 nitrogen and oxygen atoms in total. The molecule has 3 rings (SSSR count). The second kappa shape index (κ2) is 5.35. The van der Waals surface area contributed by atoms with E-state index in [2.05, 4.69) is 0 Å². The number of hydrogen-bond acceptors (Lipinski definition) is 1. The first-order valence-corrected chi connectivity index (χ1v) is 6.66. The fourth-order valence-corrected chi connectivity index (χ4v) is 2.25. The van der Waals surface area contributed by atoms with Gasteiger partial charge < -0.3 is 4.57 Å². The van der Waals surface area contributed by atoms with Crippen molar-refractivity contribution < 1.29 is 4.79 Å². The van der Waals surface area contributed by atoms with Crippen molar-refractivity contribution in [2.75, 3.05) is 0 Å². The molecular weight excluding hydrogens is 270 g/mol. The summed E-state index contributed by atoms with van der Waals surface area (Å²) in [5, 5.41) is 0.625. The zero-order valence-electron chi connectivity index (χ0n) is 10.7. The van der Waals surface area contributed by atoms with Crippen LogP contribution in [0.3, 0.4) is 0 Å². The highest BCUT2D eigenvalue weighted by molar-refractivity contribution is 6.30. The highest BCUT2D eigenvalue weighted by Gasteiger charge is 2.13. The zero-order chi connectivity index (χ0) is 13.9. The molecule has 0 aliphatic rings. The molecule has 0 unspecified atom stereocenters. The quantitative estimate of drug-likeness (QED) is 0.654. The minimum atomic E-state index is -0.0180. The van der Waals surface area contributed by atoms with E-state index in [1.807, 2.05) is 53.2 Å². The molecule has 98 valence electrons. The molecule has 0 atom stereocenters. The number of rotatable bonds is 3. The molecule has 0 aliphatic heterocycles. The second-order valence-electron chi connectivity index (χ2n) is 4.43. The van der Waals surface area contributed by atoms with Crippen molar-refractivity contribution in [1.82, 2.24) is 4.57 Å². The van der Waals surface area contributed by atoms with Crippen LogP contribution in [0.15, 0.2) is 72.9 Å². The second-order valence-corrected chi connectivity index (χ2v) is 4.87. The Kier molecular flexibility index (Phi) is 3.40. The standard InChI is InChI=1S/C17H12ClNO/c18-14-10-8-13(9-11-14)17(20)16-7-4-12-19(16)15-5-2-1-3-6-15/h1-12H. The first kappa shape index (κ1) is 12.7. The van der Waals surface area contributed by atoms with Crippen LogP contribution in [-0.4, -0.2) is 10.4 Å². The van der Waals surface area contributed by atoms with Crippen LogP contribution in [0.5, 0.6) is 0 Å². The third kappa shape index (κ3) is 2.38. The van der Waals surface area contributed by atoms with Gasteiger partial charge in [0.1, 0.15) is 0 Å². The van der Waals surface area contributed by atoms with Crippen LogP contribution in [-0.2, 0) is 0 Å². The summed E-state index contributed by atoms with van der Waals surface area (Å²) in [6, 6.07) is 20.4. The summed E-state index contributed by atoms with van der Waals surface area (Å²) in [6.45, 7) is 0. The number of hydrogen-bond donors (Lipinski definition) is 0. The number of para-hydroxylation sites is 1. The van der Waals surface area contributed by atoms with Gasteiger partial charge in [-0.15, -0.1) is 0 Å². The van der Waals surface area contributed by atoms with Crippen LogP contribution in [0.4, 0.5) is 0 Å². The summed E-state index contributed by atoms with van der Waals surface area (Å²) in [4.78, 5) is 12.5. The van der Waals surface area contributed by atoms with E-state index >= 15 is 0 Å². The van der Waals surface area contributed by atoms with Gasteiger partial charge >= 0.3 is 0 Å². The van der Waals surface area contributed by atoms with Gasteiger partial charge in [-0.05, 0) is 48.5 Å². The van der Waals surface area contributed by atoms with Crippen LogP contribution in [0.25, 0.3) is 5.69 Å². The number of aromatic nitrogens is 1. The van der Waals surface area contributed by atoms with Crippen molar-refractivity contribution >= 4 is 17.4 Å². The van der Waals surface area contributed by atoms with Gasteiger partial charge in [0, 0.05) is 22.5 Å². The zero-order valence-corrected chi connectivity index (χ0v) is 11.4. The van der Waals surface area contributed by atoms with Gasteiger partial charge in [-0.25, -0.2) is 0 Å². The topological polar surface area (TPSA) is 22.0 Å². The van der Waals surface area contributed by atoms with E-state index in [4.69, 9.17) is 11.6 Å². The molecule has 0 saturated heterocycles. The molecule has 0 bridgehead atoms. The minimum Gasteiger partial charge on any atom is -0.314 e. The summed E-state index contributed by atoms with van der Waals surface area (Å²) < 4.78 is 1.89. The molecule has 0 aliphatic carbocycles. The molecule has 0 saturated carbocycles. The summed E-state index contributed by atoms with van der Waals surface area (Å²) in [5.41, 5.74) is 2.23. The molecule has 0 amide bonds. The molecule has 3 aromatic rings. The predicted molar refractivity (Wildman–Crippen MR) is 80.7 cm³/mol. The van der Waals surface area contributed by atoms with Crippen LogP contribution in [0.2, 0.25) is 5.02 Å². The summed E-state index contributed by atoms with van der Waals surface area (Å²) >= 11 is 5.85. The van der Waals surface area contributed by atoms with Crippen molar-refractivity contribution in [2.45, 2.75) is 0 Å². The molecule has 0 N–H and O–H groups in total. The van der Waals surface area contributed by atoms with E-state index < -0.39 is 0 Å². The molecular formula is C17H12ClNO. The number of carbonyl (C=O) groups excluding carboxylic acids is 1. The maximum Gasteiger partial charge on any atom is 0.209 e. The van der Waals surface area contributed by atoms with Crippen molar-refractivity contribution in [3.8, 4) is 5.69 Å². The number of benzene rings is 2. The van der Waals surface area contributed by atoms with Gasteiger partial charge in [-0.3, -0.25) is 4.79 Å². The first-order valence-electron chi connectivity index (χ1n) is 6.29. The Morgan fingerprint density at radius 1 is 0.850 bits per heavy atom. The molecule has 20 heavy (non-hydrogen) atoms. The highest BCUT2D eigenvalue weighted by Crippen LogP contribution is 2.17. The van der Waals surface area contributed by atoms with E-state index in [1.165, 1.54) is 0 Å². The Bertz CT molecular complexity index is 729. The predicted octanol–water partition coefficient (Wildman–Crippen LogP) is 4.36. The highest BCUT2D eigenvalue weighted by atomic mass is 35.5. The lowest BCUT2D eigenvalue weighted by molar-refractivity contribution is 0.103. The van der Waals surface area contributed by atoms with Crippen molar-refractivity contribution in [2.24, 2.45) is 0 Å². The van der Waals surface area contributed by atoms with E-state index in [0.29, 0.717) is 16.3 Å². The molecule has 0 fully saturated rings. The van der Waals surface area contributed by atoms with Crippen molar-refractivity contribution in [1.29, 1.82) is 0 Å².